The van der Waals surface area contributed by atoms with Crippen molar-refractivity contribution in [3.05, 3.63) is 59.1 Å². The third-order valence-corrected chi connectivity index (χ3v) is 3.07. The van der Waals surface area contributed by atoms with Crippen molar-refractivity contribution < 1.29 is 10.3 Å². The summed E-state index contributed by atoms with van der Waals surface area (Å²) in [6.07, 6.45) is 0. The van der Waals surface area contributed by atoms with Crippen molar-refractivity contribution in [1.29, 1.82) is 0 Å². The first-order chi connectivity index (χ1) is 9.24. The summed E-state index contributed by atoms with van der Waals surface area (Å²) < 4.78 is 0. The van der Waals surface area contributed by atoms with E-state index in [1.807, 2.05) is 24.3 Å². The van der Waals surface area contributed by atoms with Crippen molar-refractivity contribution in [3.63, 3.8) is 0 Å². The largest absolute Gasteiger partial charge is 0.412 e. The molecule has 0 aliphatic carbocycles. The van der Waals surface area contributed by atoms with Gasteiger partial charge in [0.1, 0.15) is 0 Å². The molecule has 0 unspecified atom stereocenters. The zero-order valence-electron chi connectivity index (χ0n) is 10.4. The number of nitrogens with one attached hydrogen (secondary N) is 2. The lowest BCUT2D eigenvalue weighted by molar-refractivity contribution is 0.102. The lowest BCUT2D eigenvalue weighted by atomic mass is 10.2. The Balaban J connectivity index is 0.00000147. The number of benzene rings is 2. The molecule has 4 N–H and O–H groups in total. The molecule has 0 aliphatic rings. The number of amides is 1. The topological polar surface area (TPSA) is 89.3 Å². The standard InChI is InChI=1S/C14H10ClN3O.H2O/c15-10-6-2-1-5-9(10)13(19)18-14-16-11-7-3-4-8-12(11)17-14;/h1-8H,(H2,16,17,18,19);1H2. The van der Waals surface area contributed by atoms with E-state index in [2.05, 4.69) is 15.3 Å². The molecule has 0 fully saturated rings. The molecular weight excluding hydrogens is 278 g/mol. The number of hydrogen-bond acceptors (Lipinski definition) is 2. The second-order valence-electron chi connectivity index (χ2n) is 4.04. The van der Waals surface area contributed by atoms with E-state index >= 15 is 0 Å². The average molecular weight is 290 g/mol. The fourth-order valence-electron chi connectivity index (χ4n) is 1.83. The van der Waals surface area contributed by atoms with Crippen LogP contribution >= 0.6 is 11.6 Å². The molecule has 102 valence electrons. The quantitative estimate of drug-likeness (QED) is 0.759. The first-order valence-electron chi connectivity index (χ1n) is 5.75. The van der Waals surface area contributed by atoms with Gasteiger partial charge in [-0.15, -0.1) is 0 Å². The van der Waals surface area contributed by atoms with Gasteiger partial charge in [0, 0.05) is 0 Å². The van der Waals surface area contributed by atoms with E-state index in [-0.39, 0.29) is 11.4 Å². The molecule has 1 heterocycles. The maximum absolute atomic E-state index is 12.1. The Hall–Kier alpha value is -2.37. The van der Waals surface area contributed by atoms with Gasteiger partial charge >= 0.3 is 0 Å². The number of imidazole rings is 1. The van der Waals surface area contributed by atoms with Crippen LogP contribution in [0.1, 0.15) is 10.4 Å². The second-order valence-corrected chi connectivity index (χ2v) is 4.44. The summed E-state index contributed by atoms with van der Waals surface area (Å²) in [5, 5.41) is 3.11. The minimum Gasteiger partial charge on any atom is -0.412 e. The lowest BCUT2D eigenvalue weighted by Crippen LogP contribution is -2.13. The van der Waals surface area contributed by atoms with Gasteiger partial charge in [0.15, 0.2) is 0 Å². The van der Waals surface area contributed by atoms with Gasteiger partial charge in [-0.1, -0.05) is 35.9 Å². The minimum absolute atomic E-state index is 0. The normalized spacial score (nSPS) is 10.1. The fraction of sp³-hybridized carbons (Fsp3) is 0. The number of aromatic nitrogens is 2. The van der Waals surface area contributed by atoms with Crippen LogP contribution in [-0.2, 0) is 0 Å². The second kappa shape index (κ2) is 5.73. The molecular formula is C14H12ClN3O2. The molecule has 0 atom stereocenters. The van der Waals surface area contributed by atoms with Gasteiger partial charge < -0.3 is 10.5 Å². The van der Waals surface area contributed by atoms with Gasteiger partial charge in [0.25, 0.3) is 5.91 Å². The smallest absolute Gasteiger partial charge is 0.259 e. The lowest BCUT2D eigenvalue weighted by Gasteiger charge is -2.03. The predicted molar refractivity (Wildman–Crippen MR) is 79.1 cm³/mol. The Morgan fingerprint density at radius 1 is 1.10 bits per heavy atom. The number of halogens is 1. The van der Waals surface area contributed by atoms with Crippen LogP contribution in [-0.4, -0.2) is 21.4 Å². The molecule has 5 nitrogen and oxygen atoms in total. The van der Waals surface area contributed by atoms with Crippen molar-refractivity contribution in [1.82, 2.24) is 9.97 Å². The number of carbonyl (C=O) groups is 1. The maximum atomic E-state index is 12.1. The number of nitrogens with zero attached hydrogens (tertiary/aromatic N) is 1. The van der Waals surface area contributed by atoms with Crippen LogP contribution in [0.25, 0.3) is 11.0 Å². The first-order valence-corrected chi connectivity index (χ1v) is 6.12. The molecule has 3 rings (SSSR count). The molecule has 0 spiro atoms. The highest BCUT2D eigenvalue weighted by molar-refractivity contribution is 6.34. The molecule has 0 bridgehead atoms. The van der Waals surface area contributed by atoms with Crippen LogP contribution in [0.15, 0.2) is 48.5 Å². The van der Waals surface area contributed by atoms with Crippen LogP contribution in [0.4, 0.5) is 5.95 Å². The van der Waals surface area contributed by atoms with Crippen LogP contribution < -0.4 is 5.32 Å². The molecule has 0 saturated heterocycles. The van der Waals surface area contributed by atoms with E-state index in [1.54, 1.807) is 24.3 Å². The Bertz CT molecular complexity index is 722. The molecule has 2 aromatic carbocycles. The maximum Gasteiger partial charge on any atom is 0.259 e. The summed E-state index contributed by atoms with van der Waals surface area (Å²) in [6, 6.07) is 14.4. The van der Waals surface area contributed by atoms with E-state index in [9.17, 15) is 4.79 Å². The summed E-state index contributed by atoms with van der Waals surface area (Å²) in [4.78, 5) is 19.4. The van der Waals surface area contributed by atoms with E-state index < -0.39 is 0 Å². The third kappa shape index (κ3) is 2.64. The Morgan fingerprint density at radius 3 is 2.55 bits per heavy atom. The van der Waals surface area contributed by atoms with Crippen molar-refractivity contribution in [2.24, 2.45) is 0 Å². The van der Waals surface area contributed by atoms with E-state index in [0.717, 1.165) is 11.0 Å². The number of rotatable bonds is 2. The summed E-state index contributed by atoms with van der Waals surface area (Å²) >= 11 is 5.97. The molecule has 0 radical (unpaired) electrons. The van der Waals surface area contributed by atoms with Crippen molar-refractivity contribution in [3.8, 4) is 0 Å². The third-order valence-electron chi connectivity index (χ3n) is 2.74. The fourth-order valence-corrected chi connectivity index (χ4v) is 2.05. The van der Waals surface area contributed by atoms with Gasteiger partial charge in [-0.05, 0) is 24.3 Å². The summed E-state index contributed by atoms with van der Waals surface area (Å²) in [6.45, 7) is 0. The van der Waals surface area contributed by atoms with E-state index in [0.29, 0.717) is 16.5 Å². The highest BCUT2D eigenvalue weighted by atomic mass is 35.5. The molecule has 6 heteroatoms. The highest BCUT2D eigenvalue weighted by Gasteiger charge is 2.11. The number of hydrogen-bond donors (Lipinski definition) is 2. The molecule has 20 heavy (non-hydrogen) atoms. The average Bonchev–Trinajstić information content (AvgIpc) is 2.81. The van der Waals surface area contributed by atoms with Crippen molar-refractivity contribution in [2.45, 2.75) is 0 Å². The van der Waals surface area contributed by atoms with Crippen molar-refractivity contribution in [2.75, 3.05) is 5.32 Å². The van der Waals surface area contributed by atoms with Crippen LogP contribution in [0.2, 0.25) is 5.02 Å². The Morgan fingerprint density at radius 2 is 1.80 bits per heavy atom. The number of anilines is 1. The summed E-state index contributed by atoms with van der Waals surface area (Å²) in [5.41, 5.74) is 2.10. The van der Waals surface area contributed by atoms with Gasteiger partial charge in [-0.25, -0.2) is 4.98 Å². The van der Waals surface area contributed by atoms with Crippen LogP contribution in [0, 0.1) is 0 Å². The molecule has 1 amide bonds. The zero-order valence-corrected chi connectivity index (χ0v) is 11.1. The van der Waals surface area contributed by atoms with E-state index in [4.69, 9.17) is 11.6 Å². The minimum atomic E-state index is -0.287. The van der Waals surface area contributed by atoms with Crippen LogP contribution in [0.3, 0.4) is 0 Å². The van der Waals surface area contributed by atoms with Crippen molar-refractivity contribution >= 4 is 34.5 Å². The number of H-pyrrole nitrogens is 1. The number of aromatic amines is 1. The monoisotopic (exact) mass is 289 g/mol. The molecule has 3 aromatic rings. The summed E-state index contributed by atoms with van der Waals surface area (Å²) in [5.74, 6) is 0.121. The number of carbonyl (C=O) groups excluding carboxylic acids is 1. The molecule has 1 aromatic heterocycles. The van der Waals surface area contributed by atoms with Gasteiger partial charge in [0.05, 0.1) is 21.6 Å². The molecule has 0 aliphatic heterocycles. The van der Waals surface area contributed by atoms with E-state index in [1.165, 1.54) is 0 Å². The Labute approximate surface area is 119 Å². The van der Waals surface area contributed by atoms with Crippen LogP contribution in [0.5, 0.6) is 0 Å². The highest BCUT2D eigenvalue weighted by Crippen LogP contribution is 2.18. The number of fused-ring (bicyclic) bond motifs is 1. The number of para-hydroxylation sites is 2. The molecule has 0 saturated carbocycles. The van der Waals surface area contributed by atoms with Gasteiger partial charge in [-0.2, -0.15) is 0 Å². The first kappa shape index (κ1) is 14.0. The SMILES string of the molecule is O.O=C(Nc1nc2ccccc2[nH]1)c1ccccc1Cl. The Kier molecular flexibility index (Phi) is 4.02. The van der Waals surface area contributed by atoms with Gasteiger partial charge in [0.2, 0.25) is 5.95 Å². The van der Waals surface area contributed by atoms with Gasteiger partial charge in [-0.3, -0.25) is 10.1 Å². The predicted octanol–water partition coefficient (Wildman–Crippen LogP) is 2.64. The summed E-state index contributed by atoms with van der Waals surface area (Å²) in [7, 11) is 0. The zero-order chi connectivity index (χ0) is 13.2.